The summed E-state index contributed by atoms with van der Waals surface area (Å²) in [7, 11) is 0.497. The third kappa shape index (κ3) is 1.72. The predicted molar refractivity (Wildman–Crippen MR) is 24.8 cm³/mol. The van der Waals surface area contributed by atoms with E-state index in [4.69, 9.17) is 0 Å². The Hall–Kier alpha value is -0.573. The Labute approximate surface area is 38.9 Å². The Morgan fingerprint density at radius 3 is 1.83 bits per heavy atom. The first kappa shape index (κ1) is 5.43. The van der Waals surface area contributed by atoms with Crippen molar-refractivity contribution in [3.8, 4) is 0 Å². The molecule has 0 heterocycles. The zero-order chi connectivity index (χ0) is 5.15. The summed E-state index contributed by atoms with van der Waals surface area (Å²) < 4.78 is 0. The van der Waals surface area contributed by atoms with Crippen molar-refractivity contribution in [2.45, 2.75) is 0 Å². The van der Waals surface area contributed by atoms with Gasteiger partial charge in [0.05, 0.1) is 0 Å². The zero-order valence-electron chi connectivity index (χ0n) is 3.52. The predicted octanol–water partition coefficient (Wildman–Crippen LogP) is -1.18. The van der Waals surface area contributed by atoms with Crippen molar-refractivity contribution >= 4 is 16.2 Å². The molecule has 0 amide bonds. The Kier molecular flexibility index (Phi) is 1.60. The Morgan fingerprint density at radius 2 is 1.83 bits per heavy atom. The quantitative estimate of drug-likeness (QED) is 0.302. The molecule has 0 aliphatic heterocycles. The van der Waals surface area contributed by atoms with Gasteiger partial charge in [0, 0.05) is 15.4 Å². The molecule has 0 atom stereocenters. The van der Waals surface area contributed by atoms with Crippen molar-refractivity contribution in [1.82, 2.24) is 0 Å². The minimum Gasteiger partial charge on any atom is -0.242 e. The molecule has 1 radical (unpaired) electrons. The molecule has 0 unspecified atom stereocenters. The first-order valence-corrected chi connectivity index (χ1v) is 2.51. The second-order valence-corrected chi connectivity index (χ2v) is 2.27. The highest BCUT2D eigenvalue weighted by Gasteiger charge is 1.94. The van der Waals surface area contributed by atoms with Crippen LogP contribution in [0.2, 0.25) is 0 Å². The normalized spacial score (nSPS) is 8.00. The summed E-state index contributed by atoms with van der Waals surface area (Å²) in [6, 6.07) is 0. The summed E-state index contributed by atoms with van der Waals surface area (Å²) >= 11 is 0. The monoisotopic (exact) mass is 101 g/mol. The molecule has 0 fully saturated rings. The minimum atomic E-state index is -1.12. The van der Waals surface area contributed by atoms with E-state index in [9.17, 15) is 9.90 Å². The lowest BCUT2D eigenvalue weighted by molar-refractivity contribution is -0.137. The maximum absolute atomic E-state index is 9.52. The van der Waals surface area contributed by atoms with Crippen LogP contribution < -0.4 is 0 Å². The number of carbonyl (C=O) groups is 1. The van der Waals surface area contributed by atoms with Gasteiger partial charge in [0.25, 0.3) is 0 Å². The van der Waals surface area contributed by atoms with Gasteiger partial charge in [-0.25, -0.2) is 9.90 Å². The molecule has 6 heavy (non-hydrogen) atoms. The summed E-state index contributed by atoms with van der Waals surface area (Å²) in [4.78, 5) is 9.52. The van der Waals surface area contributed by atoms with Gasteiger partial charge in [-0.1, -0.05) is 6.58 Å². The van der Waals surface area contributed by atoms with E-state index in [-0.39, 0.29) is 5.20 Å². The highest BCUT2D eigenvalue weighted by Crippen LogP contribution is 1.75. The first-order valence-electron chi connectivity index (χ1n) is 1.51. The number of carbonyl (C=O) groups excluding carboxylic acids is 1. The smallest absolute Gasteiger partial charge is 0.242 e. The molecule has 0 saturated heterocycles. The lowest BCUT2D eigenvalue weighted by atomic mass is 10.7. The number of rotatable bonds is 1. The standard InChI is InChI=1S/C3H5O2Si/c1-2(6)3(4)5/h1H2,6H3. The molecular weight excluding hydrogens is 96.1 g/mol. The van der Waals surface area contributed by atoms with Crippen LogP contribution in [0.5, 0.6) is 0 Å². The van der Waals surface area contributed by atoms with Crippen molar-refractivity contribution in [2.24, 2.45) is 0 Å². The van der Waals surface area contributed by atoms with Gasteiger partial charge >= 0.3 is 5.97 Å². The fourth-order valence-electron chi connectivity index (χ4n) is 0. The third-order valence-corrected chi connectivity index (χ3v) is 0.757. The summed E-state index contributed by atoms with van der Waals surface area (Å²) in [6.07, 6.45) is 0. The van der Waals surface area contributed by atoms with Crippen LogP contribution in [0, 0.1) is 0 Å². The highest BCUT2D eigenvalue weighted by atomic mass is 28.1. The van der Waals surface area contributed by atoms with Gasteiger partial charge in [0.1, 0.15) is 0 Å². The summed E-state index contributed by atoms with van der Waals surface area (Å²) in [5, 5.41) is 9.73. The van der Waals surface area contributed by atoms with Crippen LogP contribution in [0.4, 0.5) is 0 Å². The van der Waals surface area contributed by atoms with Crippen LogP contribution in [0.1, 0.15) is 0 Å². The second-order valence-electron chi connectivity index (χ2n) is 1.07. The van der Waals surface area contributed by atoms with Crippen molar-refractivity contribution in [2.75, 3.05) is 0 Å². The lowest BCUT2D eigenvalue weighted by Crippen LogP contribution is -1.94. The van der Waals surface area contributed by atoms with Gasteiger partial charge in [-0.15, -0.1) is 0 Å². The molecule has 0 aliphatic rings. The van der Waals surface area contributed by atoms with E-state index in [1.807, 2.05) is 0 Å². The van der Waals surface area contributed by atoms with Crippen LogP contribution in [-0.2, 0) is 9.90 Å². The molecule has 0 aromatic heterocycles. The van der Waals surface area contributed by atoms with Gasteiger partial charge in [0.15, 0.2) is 0 Å². The Bertz CT molecular complexity index is 74.8. The molecule has 0 bridgehead atoms. The topological polar surface area (TPSA) is 37.0 Å². The average Bonchev–Trinajstić information content (AvgIpc) is 1.36. The van der Waals surface area contributed by atoms with Gasteiger partial charge in [-0.05, 0) is 0 Å². The van der Waals surface area contributed by atoms with E-state index >= 15 is 0 Å². The van der Waals surface area contributed by atoms with Crippen LogP contribution in [-0.4, -0.2) is 16.2 Å². The first-order chi connectivity index (χ1) is 2.64. The second kappa shape index (κ2) is 1.77. The molecule has 0 rings (SSSR count). The van der Waals surface area contributed by atoms with Crippen molar-refractivity contribution in [3.05, 3.63) is 11.8 Å². The minimum absolute atomic E-state index is 0.204. The highest BCUT2D eigenvalue weighted by molar-refractivity contribution is 6.34. The Balaban J connectivity index is 3.57. The molecule has 0 aliphatic carbocycles. The molecule has 3 heteroatoms. The van der Waals surface area contributed by atoms with Gasteiger partial charge < -0.3 is 0 Å². The maximum Gasteiger partial charge on any atom is 0.376 e. The number of hydrogen-bond acceptors (Lipinski definition) is 1. The van der Waals surface area contributed by atoms with E-state index in [0.717, 1.165) is 0 Å². The summed E-state index contributed by atoms with van der Waals surface area (Å²) in [5.74, 6) is -1.12. The number of hydrogen-bond donors (Lipinski definition) is 0. The van der Waals surface area contributed by atoms with E-state index in [1.165, 1.54) is 0 Å². The van der Waals surface area contributed by atoms with E-state index in [1.54, 1.807) is 0 Å². The summed E-state index contributed by atoms with van der Waals surface area (Å²) in [5.41, 5.74) is 0. The van der Waals surface area contributed by atoms with Gasteiger partial charge in [-0.2, -0.15) is 0 Å². The summed E-state index contributed by atoms with van der Waals surface area (Å²) in [6.45, 7) is 3.15. The SMILES string of the molecule is C=C([SiH3])C([O])=O. The molecule has 0 saturated carbocycles. The van der Waals surface area contributed by atoms with E-state index < -0.39 is 5.97 Å². The third-order valence-electron chi connectivity index (χ3n) is 0.348. The van der Waals surface area contributed by atoms with Gasteiger partial charge in [0.2, 0.25) is 0 Å². The van der Waals surface area contributed by atoms with E-state index in [0.29, 0.717) is 10.2 Å². The fourth-order valence-corrected chi connectivity index (χ4v) is 0. The lowest BCUT2D eigenvalue weighted by Gasteiger charge is -1.74. The largest absolute Gasteiger partial charge is 0.376 e. The fraction of sp³-hybridized carbons (Fsp3) is 0. The maximum atomic E-state index is 9.52. The van der Waals surface area contributed by atoms with E-state index in [2.05, 4.69) is 6.58 Å². The molecule has 33 valence electrons. The van der Waals surface area contributed by atoms with Crippen molar-refractivity contribution in [1.29, 1.82) is 0 Å². The van der Waals surface area contributed by atoms with Crippen molar-refractivity contribution in [3.63, 3.8) is 0 Å². The molecule has 0 aromatic carbocycles. The van der Waals surface area contributed by atoms with Crippen LogP contribution >= 0.6 is 0 Å². The molecule has 0 aromatic rings. The molecule has 0 spiro atoms. The average molecular weight is 101 g/mol. The molecule has 2 nitrogen and oxygen atoms in total. The van der Waals surface area contributed by atoms with Gasteiger partial charge in [-0.3, -0.25) is 0 Å². The zero-order valence-corrected chi connectivity index (χ0v) is 5.52. The Morgan fingerprint density at radius 1 is 1.67 bits per heavy atom. The molecular formula is C3H5O2Si. The van der Waals surface area contributed by atoms with Crippen LogP contribution in [0.25, 0.3) is 0 Å². The molecule has 0 N–H and O–H groups in total. The van der Waals surface area contributed by atoms with Crippen LogP contribution in [0.15, 0.2) is 11.8 Å². The van der Waals surface area contributed by atoms with Crippen LogP contribution in [0.3, 0.4) is 0 Å². The van der Waals surface area contributed by atoms with Crippen molar-refractivity contribution < 1.29 is 9.90 Å².